The molecule has 0 radical (unpaired) electrons. The van der Waals surface area contributed by atoms with Crippen LogP contribution in [0.15, 0.2) is 77.6 Å². The van der Waals surface area contributed by atoms with Crippen molar-refractivity contribution in [1.82, 2.24) is 30.2 Å². The molecule has 7 rings (SSSR count). The van der Waals surface area contributed by atoms with Crippen LogP contribution in [0, 0.1) is 5.41 Å². The van der Waals surface area contributed by atoms with E-state index in [1.54, 1.807) is 6.20 Å². The molecule has 1 saturated heterocycles. The Morgan fingerprint density at radius 2 is 1.95 bits per heavy atom. The molecule has 194 valence electrons. The Kier molecular flexibility index (Phi) is 5.59. The first-order valence-electron chi connectivity index (χ1n) is 13.1. The van der Waals surface area contributed by atoms with Crippen LogP contribution in [0.2, 0.25) is 0 Å². The lowest BCUT2D eigenvalue weighted by Crippen LogP contribution is -2.49. The van der Waals surface area contributed by atoms with E-state index in [-0.39, 0.29) is 11.5 Å². The highest BCUT2D eigenvalue weighted by Crippen LogP contribution is 2.36. The second-order valence-corrected chi connectivity index (χ2v) is 10.7. The highest BCUT2D eigenvalue weighted by atomic mass is 16.4. The molecular weight excluding hydrogens is 488 g/mol. The van der Waals surface area contributed by atoms with Gasteiger partial charge >= 0.3 is 6.01 Å². The van der Waals surface area contributed by atoms with E-state index in [2.05, 4.69) is 56.9 Å². The van der Waals surface area contributed by atoms with E-state index in [1.165, 1.54) is 0 Å². The van der Waals surface area contributed by atoms with E-state index in [4.69, 9.17) is 14.4 Å². The van der Waals surface area contributed by atoms with Crippen molar-refractivity contribution < 1.29 is 4.42 Å². The fourth-order valence-corrected chi connectivity index (χ4v) is 5.19. The molecule has 0 saturated carbocycles. The monoisotopic (exact) mass is 516 g/mol. The molecule has 39 heavy (non-hydrogen) atoms. The Bertz CT molecular complexity index is 1740. The number of benzene rings is 1. The van der Waals surface area contributed by atoms with Crippen molar-refractivity contribution in [3.05, 3.63) is 78.8 Å². The molecule has 0 unspecified atom stereocenters. The molecule has 1 aliphatic carbocycles. The zero-order valence-electron chi connectivity index (χ0n) is 21.8. The van der Waals surface area contributed by atoms with Crippen molar-refractivity contribution in [2.45, 2.75) is 26.3 Å². The third-order valence-electron chi connectivity index (χ3n) is 7.46. The minimum atomic E-state index is 0.0614. The molecule has 0 bridgehead atoms. The van der Waals surface area contributed by atoms with Gasteiger partial charge in [-0.3, -0.25) is 10.3 Å². The number of piperidine rings is 1. The SMILES string of the molecule is CC1(C)CNCC[C@@H]1Nc1nc(-c2ccnc(Nc3nc4ccccc4o3)c2)nc2cncc(C3=CC=C3)c12. The Labute approximate surface area is 225 Å². The molecule has 2 aliphatic rings. The fourth-order valence-electron chi connectivity index (χ4n) is 5.19. The van der Waals surface area contributed by atoms with Crippen LogP contribution in [0.3, 0.4) is 0 Å². The summed E-state index contributed by atoms with van der Waals surface area (Å²) in [5.74, 6) is 2.00. The Balaban J connectivity index is 1.29. The first-order valence-corrected chi connectivity index (χ1v) is 13.1. The standard InChI is InChI=1S/C30H28N8O/c1-30(2)17-31-12-11-24(30)36-28-26-20(18-6-5-7-18)15-32-16-22(26)34-27(38-28)19-10-13-33-25(14-19)37-29-35-21-8-3-4-9-23(21)39-29/h3-10,13-16,24,31H,11-12,17H2,1-2H3,(H,33,35,37)(H,34,36,38)/t24-/m0/s1. The van der Waals surface area contributed by atoms with Gasteiger partial charge in [-0.2, -0.15) is 4.98 Å². The van der Waals surface area contributed by atoms with Gasteiger partial charge in [0.25, 0.3) is 0 Å². The molecule has 9 heteroatoms. The molecule has 5 aromatic rings. The Hall–Kier alpha value is -4.63. The van der Waals surface area contributed by atoms with E-state index in [1.807, 2.05) is 54.9 Å². The number of hydrogen-bond acceptors (Lipinski definition) is 9. The first kappa shape index (κ1) is 23.5. The molecule has 9 nitrogen and oxygen atoms in total. The summed E-state index contributed by atoms with van der Waals surface area (Å²) in [4.78, 5) is 23.5. The number of nitrogens with one attached hydrogen (secondary N) is 3. The van der Waals surface area contributed by atoms with Gasteiger partial charge in [0.2, 0.25) is 0 Å². The third-order valence-corrected chi connectivity index (χ3v) is 7.46. The summed E-state index contributed by atoms with van der Waals surface area (Å²) in [6, 6.07) is 12.1. The summed E-state index contributed by atoms with van der Waals surface area (Å²) in [7, 11) is 0. The quantitative estimate of drug-likeness (QED) is 0.260. The predicted octanol–water partition coefficient (Wildman–Crippen LogP) is 5.72. The highest BCUT2D eigenvalue weighted by Gasteiger charge is 2.33. The van der Waals surface area contributed by atoms with Crippen molar-refractivity contribution >= 4 is 45.2 Å². The molecule has 0 spiro atoms. The number of nitrogens with zero attached hydrogens (tertiary/aromatic N) is 5. The van der Waals surface area contributed by atoms with Gasteiger partial charge in [-0.1, -0.05) is 44.2 Å². The van der Waals surface area contributed by atoms with Gasteiger partial charge in [0.05, 0.1) is 17.1 Å². The zero-order chi connectivity index (χ0) is 26.4. The Morgan fingerprint density at radius 3 is 2.77 bits per heavy atom. The van der Waals surface area contributed by atoms with Crippen molar-refractivity contribution in [2.24, 2.45) is 5.41 Å². The van der Waals surface area contributed by atoms with Crippen molar-refractivity contribution in [3.8, 4) is 11.4 Å². The van der Waals surface area contributed by atoms with Gasteiger partial charge in [0.15, 0.2) is 11.4 Å². The number of hydrogen-bond donors (Lipinski definition) is 3. The summed E-state index contributed by atoms with van der Waals surface area (Å²) >= 11 is 0. The molecule has 1 atom stereocenters. The van der Waals surface area contributed by atoms with Crippen LogP contribution in [0.25, 0.3) is 39.0 Å². The molecule has 4 aromatic heterocycles. The number of allylic oxidation sites excluding steroid dienone is 4. The summed E-state index contributed by atoms with van der Waals surface area (Å²) < 4.78 is 5.82. The van der Waals surface area contributed by atoms with Crippen LogP contribution < -0.4 is 16.0 Å². The van der Waals surface area contributed by atoms with Crippen LogP contribution in [0.5, 0.6) is 0 Å². The number of para-hydroxylation sites is 2. The average molecular weight is 517 g/mol. The lowest BCUT2D eigenvalue weighted by molar-refractivity contribution is 0.236. The summed E-state index contributed by atoms with van der Waals surface area (Å²) in [5.41, 5.74) is 5.33. The number of aromatic nitrogens is 5. The number of anilines is 3. The average Bonchev–Trinajstić information content (AvgIpc) is 3.31. The van der Waals surface area contributed by atoms with E-state index < -0.39 is 0 Å². The van der Waals surface area contributed by atoms with Gasteiger partial charge < -0.3 is 15.1 Å². The minimum absolute atomic E-state index is 0.0614. The maximum atomic E-state index is 5.82. The zero-order valence-corrected chi connectivity index (χ0v) is 21.8. The van der Waals surface area contributed by atoms with Gasteiger partial charge in [-0.25, -0.2) is 15.0 Å². The van der Waals surface area contributed by atoms with E-state index in [0.29, 0.717) is 23.2 Å². The molecule has 1 fully saturated rings. The van der Waals surface area contributed by atoms with Crippen LogP contribution >= 0.6 is 0 Å². The van der Waals surface area contributed by atoms with Gasteiger partial charge in [-0.15, -0.1) is 0 Å². The summed E-state index contributed by atoms with van der Waals surface area (Å²) in [6.07, 6.45) is 12.7. The first-order chi connectivity index (χ1) is 19.0. The number of rotatable bonds is 6. The van der Waals surface area contributed by atoms with Crippen LogP contribution in [0.4, 0.5) is 17.7 Å². The second kappa shape index (κ2) is 9.28. The molecular formula is C30H28N8O. The predicted molar refractivity (Wildman–Crippen MR) is 154 cm³/mol. The topological polar surface area (TPSA) is 114 Å². The van der Waals surface area contributed by atoms with E-state index in [9.17, 15) is 0 Å². The number of oxazole rings is 1. The van der Waals surface area contributed by atoms with Gasteiger partial charge in [0, 0.05) is 36.1 Å². The lowest BCUT2D eigenvalue weighted by atomic mass is 9.80. The largest absolute Gasteiger partial charge is 0.423 e. The van der Waals surface area contributed by atoms with Crippen LogP contribution in [-0.2, 0) is 0 Å². The number of pyridine rings is 2. The molecule has 1 aliphatic heterocycles. The maximum absolute atomic E-state index is 5.82. The summed E-state index contributed by atoms with van der Waals surface area (Å²) in [5, 5.41) is 11.5. The molecule has 5 heterocycles. The van der Waals surface area contributed by atoms with Crippen molar-refractivity contribution in [3.63, 3.8) is 0 Å². The van der Waals surface area contributed by atoms with Crippen molar-refractivity contribution in [2.75, 3.05) is 23.7 Å². The van der Waals surface area contributed by atoms with Gasteiger partial charge in [0.1, 0.15) is 17.2 Å². The molecule has 3 N–H and O–H groups in total. The van der Waals surface area contributed by atoms with Crippen LogP contribution in [0.1, 0.15) is 25.8 Å². The molecule has 1 aromatic carbocycles. The third kappa shape index (κ3) is 4.40. The van der Waals surface area contributed by atoms with Crippen molar-refractivity contribution in [1.29, 1.82) is 0 Å². The lowest BCUT2D eigenvalue weighted by Gasteiger charge is -2.40. The Morgan fingerprint density at radius 1 is 1.05 bits per heavy atom. The maximum Gasteiger partial charge on any atom is 0.301 e. The van der Waals surface area contributed by atoms with E-state index >= 15 is 0 Å². The minimum Gasteiger partial charge on any atom is -0.423 e. The smallest absolute Gasteiger partial charge is 0.301 e. The number of fused-ring (bicyclic) bond motifs is 2. The van der Waals surface area contributed by atoms with E-state index in [0.717, 1.165) is 58.4 Å². The molecule has 0 amide bonds. The van der Waals surface area contributed by atoms with Crippen LogP contribution in [-0.4, -0.2) is 44.1 Å². The highest BCUT2D eigenvalue weighted by molar-refractivity contribution is 6.02. The summed E-state index contributed by atoms with van der Waals surface area (Å²) in [6.45, 7) is 6.48. The second-order valence-electron chi connectivity index (χ2n) is 10.7. The fraction of sp³-hybridized carbons (Fsp3) is 0.233. The van der Waals surface area contributed by atoms with Gasteiger partial charge in [-0.05, 0) is 48.2 Å². The normalized spacial score (nSPS) is 18.1.